The monoisotopic (exact) mass is 223 g/mol. The van der Waals surface area contributed by atoms with Gasteiger partial charge in [0.1, 0.15) is 17.7 Å². The van der Waals surface area contributed by atoms with Crippen molar-refractivity contribution in [3.8, 4) is 5.75 Å². The van der Waals surface area contributed by atoms with Gasteiger partial charge in [0.05, 0.1) is 0 Å². The highest BCUT2D eigenvalue weighted by molar-refractivity contribution is 5.38. The summed E-state index contributed by atoms with van der Waals surface area (Å²) in [7, 11) is 1.94. The van der Waals surface area contributed by atoms with Gasteiger partial charge in [-0.05, 0) is 19.5 Å². The van der Waals surface area contributed by atoms with Crippen LogP contribution in [0.3, 0.4) is 0 Å². The lowest BCUT2D eigenvalue weighted by Crippen LogP contribution is -2.31. The molecule has 1 aromatic carbocycles. The Morgan fingerprint density at radius 1 is 1.50 bits per heavy atom. The maximum absolute atomic E-state index is 13.1. The van der Waals surface area contributed by atoms with E-state index in [1.54, 1.807) is 0 Å². The number of hydrogen-bond acceptors (Lipinski definition) is 2. The number of ether oxygens (including phenoxy) is 1. The Morgan fingerprint density at radius 2 is 2.31 bits per heavy atom. The first-order valence-corrected chi connectivity index (χ1v) is 5.88. The molecule has 2 unspecified atom stereocenters. The third-order valence-corrected chi connectivity index (χ3v) is 3.10. The van der Waals surface area contributed by atoms with Gasteiger partial charge in [-0.15, -0.1) is 0 Å². The molecule has 0 spiro atoms. The third kappa shape index (κ3) is 2.19. The van der Waals surface area contributed by atoms with Crippen molar-refractivity contribution in [3.05, 3.63) is 29.6 Å². The van der Waals surface area contributed by atoms with Crippen LogP contribution in [0.1, 0.15) is 37.8 Å². The Morgan fingerprint density at radius 3 is 3.00 bits per heavy atom. The van der Waals surface area contributed by atoms with Crippen LogP contribution in [0.2, 0.25) is 0 Å². The van der Waals surface area contributed by atoms with Crippen molar-refractivity contribution in [1.82, 2.24) is 5.32 Å². The Kier molecular flexibility index (Phi) is 3.44. The molecular weight excluding hydrogens is 205 g/mol. The Labute approximate surface area is 95.8 Å². The number of hydrogen-bond donors (Lipinski definition) is 1. The topological polar surface area (TPSA) is 21.3 Å². The smallest absolute Gasteiger partial charge is 0.127 e. The van der Waals surface area contributed by atoms with Crippen molar-refractivity contribution < 1.29 is 9.13 Å². The summed E-state index contributed by atoms with van der Waals surface area (Å²) < 4.78 is 18.9. The van der Waals surface area contributed by atoms with Gasteiger partial charge in [-0.2, -0.15) is 0 Å². The van der Waals surface area contributed by atoms with Crippen molar-refractivity contribution in [2.45, 2.75) is 38.3 Å². The van der Waals surface area contributed by atoms with E-state index in [0.717, 1.165) is 24.8 Å². The molecule has 0 fully saturated rings. The van der Waals surface area contributed by atoms with Crippen molar-refractivity contribution in [1.29, 1.82) is 0 Å². The number of halogens is 1. The van der Waals surface area contributed by atoms with Crippen molar-refractivity contribution >= 4 is 0 Å². The molecule has 1 N–H and O–H groups in total. The zero-order valence-corrected chi connectivity index (χ0v) is 9.79. The van der Waals surface area contributed by atoms with E-state index in [9.17, 15) is 4.39 Å². The first kappa shape index (κ1) is 11.4. The molecule has 2 nitrogen and oxygen atoms in total. The Hall–Kier alpha value is -1.09. The number of fused-ring (bicyclic) bond motifs is 1. The minimum atomic E-state index is -0.231. The van der Waals surface area contributed by atoms with E-state index < -0.39 is 0 Å². The summed E-state index contributed by atoms with van der Waals surface area (Å²) in [4.78, 5) is 0. The van der Waals surface area contributed by atoms with E-state index in [4.69, 9.17) is 4.74 Å². The summed E-state index contributed by atoms with van der Waals surface area (Å²) in [6.45, 7) is 2.14. The fourth-order valence-electron chi connectivity index (χ4n) is 2.29. The molecule has 16 heavy (non-hydrogen) atoms. The predicted molar refractivity (Wildman–Crippen MR) is 62.1 cm³/mol. The highest BCUT2D eigenvalue weighted by Gasteiger charge is 2.26. The normalized spacial score (nSPS) is 23.7. The van der Waals surface area contributed by atoms with E-state index in [0.29, 0.717) is 5.75 Å². The SMILES string of the molecule is CCCC1CC(NC)c2ccc(F)cc2O1. The van der Waals surface area contributed by atoms with Crippen molar-refractivity contribution in [2.24, 2.45) is 0 Å². The molecule has 1 aliphatic rings. The van der Waals surface area contributed by atoms with Crippen molar-refractivity contribution in [3.63, 3.8) is 0 Å². The maximum atomic E-state index is 13.1. The van der Waals surface area contributed by atoms with Gasteiger partial charge in [0.15, 0.2) is 0 Å². The van der Waals surface area contributed by atoms with E-state index in [1.807, 2.05) is 13.1 Å². The zero-order valence-electron chi connectivity index (χ0n) is 9.79. The second-order valence-electron chi connectivity index (χ2n) is 4.29. The summed E-state index contributed by atoms with van der Waals surface area (Å²) in [5, 5.41) is 3.27. The molecule has 1 heterocycles. The van der Waals surface area contributed by atoms with Gasteiger partial charge in [0.25, 0.3) is 0 Å². The van der Waals surface area contributed by atoms with Crippen LogP contribution in [0.25, 0.3) is 0 Å². The standard InChI is InChI=1S/C13H18FNO/c1-3-4-10-8-12(15-2)11-6-5-9(14)7-13(11)16-10/h5-7,10,12,15H,3-4,8H2,1-2H3. The minimum absolute atomic E-state index is 0.205. The van der Waals surface area contributed by atoms with Gasteiger partial charge in [-0.25, -0.2) is 4.39 Å². The predicted octanol–water partition coefficient (Wildman–Crippen LogP) is 3.04. The third-order valence-electron chi connectivity index (χ3n) is 3.10. The number of rotatable bonds is 3. The van der Waals surface area contributed by atoms with E-state index in [-0.39, 0.29) is 18.0 Å². The van der Waals surface area contributed by atoms with Crippen LogP contribution < -0.4 is 10.1 Å². The molecule has 2 rings (SSSR count). The summed E-state index contributed by atoms with van der Waals surface area (Å²) in [5.41, 5.74) is 1.07. The molecule has 0 aromatic heterocycles. The fourth-order valence-corrected chi connectivity index (χ4v) is 2.29. The van der Waals surface area contributed by atoms with Gasteiger partial charge < -0.3 is 10.1 Å². The highest BCUT2D eigenvalue weighted by Crippen LogP contribution is 2.36. The average molecular weight is 223 g/mol. The first-order valence-electron chi connectivity index (χ1n) is 5.88. The van der Waals surface area contributed by atoms with Crippen molar-refractivity contribution in [2.75, 3.05) is 7.05 Å². The highest BCUT2D eigenvalue weighted by atomic mass is 19.1. The molecule has 0 radical (unpaired) electrons. The van der Waals surface area contributed by atoms with Gasteiger partial charge in [-0.3, -0.25) is 0 Å². The molecule has 0 amide bonds. The quantitative estimate of drug-likeness (QED) is 0.850. The first-order chi connectivity index (χ1) is 7.74. The lowest BCUT2D eigenvalue weighted by atomic mass is 9.94. The summed E-state index contributed by atoms with van der Waals surface area (Å²) in [5.74, 6) is 0.467. The lowest BCUT2D eigenvalue weighted by molar-refractivity contribution is 0.141. The summed E-state index contributed by atoms with van der Waals surface area (Å²) in [6.07, 6.45) is 3.28. The Bertz CT molecular complexity index is 367. The lowest BCUT2D eigenvalue weighted by Gasteiger charge is -2.32. The minimum Gasteiger partial charge on any atom is -0.490 e. The van der Waals surface area contributed by atoms with Crippen LogP contribution in [0.4, 0.5) is 4.39 Å². The van der Waals surface area contributed by atoms with Crippen LogP contribution in [0.15, 0.2) is 18.2 Å². The van der Waals surface area contributed by atoms with Crippen LogP contribution >= 0.6 is 0 Å². The van der Waals surface area contributed by atoms with Gasteiger partial charge >= 0.3 is 0 Å². The summed E-state index contributed by atoms with van der Waals surface area (Å²) in [6, 6.07) is 5.07. The second-order valence-corrected chi connectivity index (χ2v) is 4.29. The molecule has 2 atom stereocenters. The zero-order chi connectivity index (χ0) is 11.5. The number of nitrogens with one attached hydrogen (secondary N) is 1. The average Bonchev–Trinajstić information content (AvgIpc) is 2.27. The Balaban J connectivity index is 2.27. The molecule has 1 aromatic rings. The van der Waals surface area contributed by atoms with Crippen LogP contribution in [0.5, 0.6) is 5.75 Å². The summed E-state index contributed by atoms with van der Waals surface area (Å²) >= 11 is 0. The fraction of sp³-hybridized carbons (Fsp3) is 0.538. The molecule has 0 bridgehead atoms. The molecule has 88 valence electrons. The maximum Gasteiger partial charge on any atom is 0.127 e. The van der Waals surface area contributed by atoms with Crippen LogP contribution in [0, 0.1) is 5.82 Å². The molecule has 0 aliphatic carbocycles. The largest absolute Gasteiger partial charge is 0.490 e. The van der Waals surface area contributed by atoms with Gasteiger partial charge in [0, 0.05) is 24.1 Å². The molecular formula is C13H18FNO. The molecule has 0 saturated carbocycles. The molecule has 0 saturated heterocycles. The van der Waals surface area contributed by atoms with E-state index in [2.05, 4.69) is 12.2 Å². The number of benzene rings is 1. The second kappa shape index (κ2) is 4.83. The van der Waals surface area contributed by atoms with Gasteiger partial charge in [0.2, 0.25) is 0 Å². The van der Waals surface area contributed by atoms with Crippen LogP contribution in [-0.2, 0) is 0 Å². The van der Waals surface area contributed by atoms with E-state index >= 15 is 0 Å². The van der Waals surface area contributed by atoms with Gasteiger partial charge in [-0.1, -0.05) is 19.4 Å². The van der Waals surface area contributed by atoms with Crippen LogP contribution in [-0.4, -0.2) is 13.2 Å². The molecule has 1 aliphatic heterocycles. The van der Waals surface area contributed by atoms with E-state index in [1.165, 1.54) is 12.1 Å². The molecule has 3 heteroatoms.